The molecule has 0 saturated heterocycles. The molecule has 0 N–H and O–H groups in total. The van der Waals surface area contributed by atoms with E-state index in [1.807, 2.05) is 20.8 Å². The quantitative estimate of drug-likeness (QED) is 0.199. The topological polar surface area (TPSA) is 61.8 Å². The Labute approximate surface area is 134 Å². The van der Waals surface area contributed by atoms with Crippen LogP contribution in [0.25, 0.3) is 0 Å². The van der Waals surface area contributed by atoms with Crippen LogP contribution in [-0.2, 0) is 23.1 Å². The molecule has 22 heavy (non-hydrogen) atoms. The Bertz CT molecular complexity index is 340. The van der Waals surface area contributed by atoms with E-state index >= 15 is 0 Å². The summed E-state index contributed by atoms with van der Waals surface area (Å²) < 4.78 is 28.4. The third-order valence-electron chi connectivity index (χ3n) is 2.90. The zero-order valence-electron chi connectivity index (χ0n) is 14.2. The Kier molecular flexibility index (Phi) is 13.6. The van der Waals surface area contributed by atoms with Crippen molar-refractivity contribution < 1.29 is 23.1 Å². The van der Waals surface area contributed by atoms with Crippen LogP contribution in [0.2, 0.25) is 0 Å². The number of rotatable bonds is 14. The fraction of sp³-hybridized carbons (Fsp3) is 0.812. The SMILES string of the molecule is CCCCOC(=O)/C=C/CP(=O)(OCCCC)OCCCC. The number of carbonyl (C=O) groups is 1. The summed E-state index contributed by atoms with van der Waals surface area (Å²) in [7, 11) is -3.16. The van der Waals surface area contributed by atoms with Crippen molar-refractivity contribution >= 4 is 13.6 Å². The van der Waals surface area contributed by atoms with E-state index < -0.39 is 13.6 Å². The molecule has 0 heterocycles. The second kappa shape index (κ2) is 14.0. The van der Waals surface area contributed by atoms with E-state index in [-0.39, 0.29) is 6.16 Å². The third-order valence-corrected chi connectivity index (χ3v) is 4.71. The van der Waals surface area contributed by atoms with E-state index in [2.05, 4.69) is 0 Å². The molecule has 130 valence electrons. The van der Waals surface area contributed by atoms with Crippen LogP contribution in [0, 0.1) is 0 Å². The lowest BCUT2D eigenvalue weighted by Gasteiger charge is -2.17. The molecule has 0 aliphatic heterocycles. The summed E-state index contributed by atoms with van der Waals surface area (Å²) in [6.45, 7) is 7.35. The molecule has 0 bridgehead atoms. The lowest BCUT2D eigenvalue weighted by atomic mass is 10.4. The maximum absolute atomic E-state index is 12.6. The van der Waals surface area contributed by atoms with Crippen molar-refractivity contribution in [3.63, 3.8) is 0 Å². The molecule has 0 rings (SSSR count). The normalized spacial score (nSPS) is 12.0. The molecule has 5 nitrogen and oxygen atoms in total. The molecule has 0 fully saturated rings. The van der Waals surface area contributed by atoms with Crippen LogP contribution < -0.4 is 0 Å². The summed E-state index contributed by atoms with van der Waals surface area (Å²) in [6.07, 6.45) is 8.35. The average molecular weight is 334 g/mol. The van der Waals surface area contributed by atoms with E-state index in [1.54, 1.807) is 0 Å². The lowest BCUT2D eigenvalue weighted by molar-refractivity contribution is -0.137. The number of hydrogen-bond donors (Lipinski definition) is 0. The number of carbonyl (C=O) groups excluding carboxylic acids is 1. The van der Waals surface area contributed by atoms with Crippen LogP contribution in [0.15, 0.2) is 12.2 Å². The Balaban J connectivity index is 4.30. The standard InChI is InChI=1S/C16H31O5P/c1-4-7-12-19-16(17)11-10-15-22(18,20-13-8-5-2)21-14-9-6-3/h10-11H,4-9,12-15H2,1-3H3/b11-10+. The summed E-state index contributed by atoms with van der Waals surface area (Å²) in [5.41, 5.74) is 0. The molecule has 0 amide bonds. The monoisotopic (exact) mass is 334 g/mol. The molecule has 0 aliphatic rings. The van der Waals surface area contributed by atoms with Gasteiger partial charge in [0.25, 0.3) is 0 Å². The molecule has 0 aromatic carbocycles. The predicted octanol–water partition coefficient (Wildman–Crippen LogP) is 4.71. The van der Waals surface area contributed by atoms with Crippen molar-refractivity contribution in [2.45, 2.75) is 59.3 Å². The number of allylic oxidation sites excluding steroid dienone is 1. The summed E-state index contributed by atoms with van der Waals surface area (Å²) in [5, 5.41) is 0. The predicted molar refractivity (Wildman–Crippen MR) is 89.2 cm³/mol. The number of unbranched alkanes of at least 4 members (excludes halogenated alkanes) is 3. The first-order chi connectivity index (χ1) is 10.6. The van der Waals surface area contributed by atoms with Gasteiger partial charge in [0, 0.05) is 6.08 Å². The molecular formula is C16H31O5P. The van der Waals surface area contributed by atoms with Crippen molar-refractivity contribution in [1.82, 2.24) is 0 Å². The molecule has 0 aliphatic carbocycles. The average Bonchev–Trinajstić information content (AvgIpc) is 2.48. The van der Waals surface area contributed by atoms with Crippen molar-refractivity contribution in [2.75, 3.05) is 26.0 Å². The lowest BCUT2D eigenvalue weighted by Crippen LogP contribution is -2.04. The molecule has 6 heteroatoms. The van der Waals surface area contributed by atoms with Gasteiger partial charge in [-0.1, -0.05) is 46.1 Å². The van der Waals surface area contributed by atoms with Gasteiger partial charge in [-0.05, 0) is 19.3 Å². The van der Waals surface area contributed by atoms with Gasteiger partial charge in [-0.25, -0.2) is 4.79 Å². The second-order valence-corrected chi connectivity index (χ2v) is 7.19. The fourth-order valence-corrected chi connectivity index (χ4v) is 2.95. The zero-order valence-corrected chi connectivity index (χ0v) is 15.1. The van der Waals surface area contributed by atoms with Crippen molar-refractivity contribution in [2.24, 2.45) is 0 Å². The van der Waals surface area contributed by atoms with E-state index in [0.717, 1.165) is 38.5 Å². The minimum atomic E-state index is -3.16. The molecule has 0 spiro atoms. The molecule has 0 atom stereocenters. The van der Waals surface area contributed by atoms with Crippen molar-refractivity contribution in [1.29, 1.82) is 0 Å². The Hall–Kier alpha value is -0.640. The molecule has 0 saturated carbocycles. The van der Waals surface area contributed by atoms with E-state index in [4.69, 9.17) is 13.8 Å². The summed E-state index contributed by atoms with van der Waals surface area (Å²) in [6, 6.07) is 0. The summed E-state index contributed by atoms with van der Waals surface area (Å²) in [4.78, 5) is 11.4. The molecule has 0 aromatic heterocycles. The first kappa shape index (κ1) is 21.4. The van der Waals surface area contributed by atoms with Gasteiger partial charge >= 0.3 is 13.6 Å². The number of ether oxygens (including phenoxy) is 1. The Morgan fingerprint density at radius 3 is 1.91 bits per heavy atom. The van der Waals surface area contributed by atoms with Crippen LogP contribution in [0.4, 0.5) is 0 Å². The highest BCUT2D eigenvalue weighted by atomic mass is 31.2. The van der Waals surface area contributed by atoms with Crippen molar-refractivity contribution in [3.05, 3.63) is 12.2 Å². The second-order valence-electron chi connectivity index (χ2n) is 5.09. The van der Waals surface area contributed by atoms with Crippen LogP contribution in [-0.4, -0.2) is 32.0 Å². The number of hydrogen-bond acceptors (Lipinski definition) is 5. The van der Waals surface area contributed by atoms with Crippen molar-refractivity contribution in [3.8, 4) is 0 Å². The van der Waals surface area contributed by atoms with Gasteiger partial charge in [-0.2, -0.15) is 0 Å². The molecule has 0 aromatic rings. The highest BCUT2D eigenvalue weighted by Crippen LogP contribution is 2.48. The largest absolute Gasteiger partial charge is 0.463 e. The highest BCUT2D eigenvalue weighted by molar-refractivity contribution is 7.54. The zero-order chi connectivity index (χ0) is 16.7. The first-order valence-corrected chi connectivity index (χ1v) is 10.0. The first-order valence-electron chi connectivity index (χ1n) is 8.29. The molecule has 0 radical (unpaired) electrons. The van der Waals surface area contributed by atoms with Crippen LogP contribution >= 0.6 is 7.60 Å². The van der Waals surface area contributed by atoms with Crippen LogP contribution in [0.3, 0.4) is 0 Å². The summed E-state index contributed by atoms with van der Waals surface area (Å²) in [5.74, 6) is -0.415. The van der Waals surface area contributed by atoms with E-state index in [1.165, 1.54) is 12.2 Å². The molecule has 0 unspecified atom stereocenters. The number of esters is 1. The van der Waals surface area contributed by atoms with Crippen LogP contribution in [0.5, 0.6) is 0 Å². The fourth-order valence-electron chi connectivity index (χ4n) is 1.48. The highest BCUT2D eigenvalue weighted by Gasteiger charge is 2.22. The van der Waals surface area contributed by atoms with E-state index in [0.29, 0.717) is 19.8 Å². The minimum absolute atomic E-state index is 0.101. The smallest absolute Gasteiger partial charge is 0.334 e. The van der Waals surface area contributed by atoms with Crippen LogP contribution in [0.1, 0.15) is 59.3 Å². The van der Waals surface area contributed by atoms with Gasteiger partial charge in [0.1, 0.15) is 0 Å². The van der Waals surface area contributed by atoms with Gasteiger partial charge in [0.2, 0.25) is 0 Å². The van der Waals surface area contributed by atoms with E-state index in [9.17, 15) is 9.36 Å². The Morgan fingerprint density at radius 2 is 1.41 bits per heavy atom. The third kappa shape index (κ3) is 12.0. The molecular weight excluding hydrogens is 303 g/mol. The maximum atomic E-state index is 12.6. The van der Waals surface area contributed by atoms with Gasteiger partial charge in [0.05, 0.1) is 26.0 Å². The Morgan fingerprint density at radius 1 is 0.909 bits per heavy atom. The van der Waals surface area contributed by atoms with Gasteiger partial charge in [0.15, 0.2) is 0 Å². The van der Waals surface area contributed by atoms with Gasteiger partial charge < -0.3 is 13.8 Å². The van der Waals surface area contributed by atoms with Gasteiger partial charge in [-0.15, -0.1) is 0 Å². The maximum Gasteiger partial charge on any atom is 0.334 e. The summed E-state index contributed by atoms with van der Waals surface area (Å²) >= 11 is 0. The minimum Gasteiger partial charge on any atom is -0.463 e. The van der Waals surface area contributed by atoms with Gasteiger partial charge in [-0.3, -0.25) is 4.57 Å².